The third kappa shape index (κ3) is 3.83. The van der Waals surface area contributed by atoms with Crippen molar-refractivity contribution < 1.29 is 18.7 Å². The van der Waals surface area contributed by atoms with Crippen LogP contribution < -0.4 is 11.1 Å². The van der Waals surface area contributed by atoms with E-state index in [4.69, 9.17) is 22.4 Å². The molecule has 0 saturated heterocycles. The van der Waals surface area contributed by atoms with Crippen LogP contribution in [-0.2, 0) is 0 Å². The van der Waals surface area contributed by atoms with Crippen LogP contribution in [0, 0.1) is 0 Å². The lowest BCUT2D eigenvalue weighted by Gasteiger charge is -2.14. The molecule has 17 heavy (non-hydrogen) atoms. The Balaban J connectivity index is 2.71. The Hall–Kier alpha value is -1.40. The predicted octanol–water partition coefficient (Wildman–Crippen LogP) is 1.28. The number of alkyl halides is 2. The zero-order valence-corrected chi connectivity index (χ0v) is 9.47. The first kappa shape index (κ1) is 13.7. The van der Waals surface area contributed by atoms with E-state index >= 15 is 0 Å². The van der Waals surface area contributed by atoms with E-state index in [1.165, 1.54) is 18.2 Å². The van der Waals surface area contributed by atoms with Gasteiger partial charge in [-0.05, 0) is 18.2 Å². The molecule has 1 amide bonds. The zero-order valence-electron chi connectivity index (χ0n) is 8.71. The van der Waals surface area contributed by atoms with E-state index in [2.05, 4.69) is 0 Å². The fourth-order valence-electron chi connectivity index (χ4n) is 1.08. The number of nitrogens with two attached hydrogens (primary N) is 1. The zero-order chi connectivity index (χ0) is 13.1. The molecule has 0 aliphatic rings. The average molecular weight is 265 g/mol. The van der Waals surface area contributed by atoms with Gasteiger partial charge in [0.15, 0.2) is 0 Å². The topological polar surface area (TPSA) is 75.4 Å². The summed E-state index contributed by atoms with van der Waals surface area (Å²) >= 11 is 5.73. The Morgan fingerprint density at radius 3 is 2.71 bits per heavy atom. The Morgan fingerprint density at radius 1 is 1.53 bits per heavy atom. The molecule has 1 aromatic carbocycles. The molecular formula is C10H11ClF2N2O2. The second-order valence-electron chi connectivity index (χ2n) is 3.44. The van der Waals surface area contributed by atoms with E-state index in [1.54, 1.807) is 0 Å². The lowest BCUT2D eigenvalue weighted by molar-refractivity contribution is -0.0462. The number of aliphatic hydroxyl groups excluding tert-OH is 1. The van der Waals surface area contributed by atoms with Gasteiger partial charge in [0.2, 0.25) is 0 Å². The standard InChI is InChI=1S/C10H11ClF2N2O2/c11-8-3-6(14)1-2-7(8)9(17)15-4-10(12,13)5-16/h1-3,16H,4-5,14H2,(H,15,17). The highest BCUT2D eigenvalue weighted by Gasteiger charge is 2.28. The number of carbonyl (C=O) groups is 1. The predicted molar refractivity (Wildman–Crippen MR) is 60.2 cm³/mol. The van der Waals surface area contributed by atoms with Crippen LogP contribution in [0.3, 0.4) is 0 Å². The molecule has 0 unspecified atom stereocenters. The number of nitrogen functional groups attached to an aromatic ring is 1. The third-order valence-corrected chi connectivity index (χ3v) is 2.29. The molecule has 0 aliphatic carbocycles. The second-order valence-corrected chi connectivity index (χ2v) is 3.84. The van der Waals surface area contributed by atoms with Crippen molar-refractivity contribution in [1.82, 2.24) is 5.32 Å². The average Bonchev–Trinajstić information content (AvgIpc) is 2.26. The Kier molecular flexibility index (Phi) is 4.25. The van der Waals surface area contributed by atoms with Gasteiger partial charge in [0, 0.05) is 5.69 Å². The lowest BCUT2D eigenvalue weighted by Crippen LogP contribution is -2.39. The van der Waals surface area contributed by atoms with Crippen molar-refractivity contribution >= 4 is 23.2 Å². The van der Waals surface area contributed by atoms with Crippen LogP contribution in [0.5, 0.6) is 0 Å². The first-order chi connectivity index (χ1) is 7.85. The maximum atomic E-state index is 12.7. The second kappa shape index (κ2) is 5.29. The Bertz CT molecular complexity index is 427. The summed E-state index contributed by atoms with van der Waals surface area (Å²) in [5.74, 6) is -4.10. The van der Waals surface area contributed by atoms with E-state index in [0.717, 1.165) is 0 Å². The highest BCUT2D eigenvalue weighted by atomic mass is 35.5. The van der Waals surface area contributed by atoms with E-state index < -0.39 is 25.0 Å². The van der Waals surface area contributed by atoms with Gasteiger partial charge in [0.25, 0.3) is 11.8 Å². The van der Waals surface area contributed by atoms with Crippen molar-refractivity contribution in [3.8, 4) is 0 Å². The number of nitrogens with one attached hydrogen (secondary N) is 1. The van der Waals surface area contributed by atoms with Crippen LogP contribution in [0.15, 0.2) is 18.2 Å². The molecule has 94 valence electrons. The minimum Gasteiger partial charge on any atom is -0.399 e. The van der Waals surface area contributed by atoms with Gasteiger partial charge in [0.05, 0.1) is 17.1 Å². The van der Waals surface area contributed by atoms with Crippen LogP contribution in [-0.4, -0.2) is 30.1 Å². The fourth-order valence-corrected chi connectivity index (χ4v) is 1.35. The molecule has 1 aromatic rings. The number of amides is 1. The van der Waals surface area contributed by atoms with Crippen molar-refractivity contribution in [1.29, 1.82) is 0 Å². The van der Waals surface area contributed by atoms with Crippen molar-refractivity contribution in [2.75, 3.05) is 18.9 Å². The molecule has 0 atom stereocenters. The molecule has 4 N–H and O–H groups in total. The van der Waals surface area contributed by atoms with Crippen molar-refractivity contribution in [2.24, 2.45) is 0 Å². The fraction of sp³-hybridized carbons (Fsp3) is 0.300. The molecular weight excluding hydrogens is 254 g/mol. The number of aliphatic hydroxyl groups is 1. The summed E-state index contributed by atoms with van der Waals surface area (Å²) in [4.78, 5) is 11.5. The first-order valence-corrected chi connectivity index (χ1v) is 5.05. The molecule has 0 aromatic heterocycles. The van der Waals surface area contributed by atoms with Crippen LogP contribution in [0.1, 0.15) is 10.4 Å². The first-order valence-electron chi connectivity index (χ1n) is 4.67. The molecule has 0 heterocycles. The summed E-state index contributed by atoms with van der Waals surface area (Å²) in [5, 5.41) is 10.4. The van der Waals surface area contributed by atoms with Gasteiger partial charge in [-0.25, -0.2) is 8.78 Å². The number of anilines is 1. The lowest BCUT2D eigenvalue weighted by atomic mass is 10.2. The molecule has 1 rings (SSSR count). The minimum absolute atomic E-state index is 0.0506. The summed E-state index contributed by atoms with van der Waals surface area (Å²) in [6.07, 6.45) is 0. The van der Waals surface area contributed by atoms with E-state index in [9.17, 15) is 13.6 Å². The normalized spacial score (nSPS) is 11.3. The molecule has 0 radical (unpaired) electrons. The maximum absolute atomic E-state index is 12.7. The molecule has 0 saturated carbocycles. The molecule has 0 bridgehead atoms. The molecule has 7 heteroatoms. The van der Waals surface area contributed by atoms with Crippen LogP contribution in [0.2, 0.25) is 5.02 Å². The summed E-state index contributed by atoms with van der Waals surface area (Å²) in [6.45, 7) is -2.29. The van der Waals surface area contributed by atoms with Gasteiger partial charge in [-0.1, -0.05) is 11.6 Å². The number of hydrogen-bond donors (Lipinski definition) is 3. The summed E-state index contributed by atoms with van der Waals surface area (Å²) in [7, 11) is 0. The van der Waals surface area contributed by atoms with Gasteiger partial charge in [0.1, 0.15) is 6.61 Å². The Morgan fingerprint density at radius 2 is 2.18 bits per heavy atom. The van der Waals surface area contributed by atoms with Crippen molar-refractivity contribution in [3.63, 3.8) is 0 Å². The highest BCUT2D eigenvalue weighted by Crippen LogP contribution is 2.19. The monoisotopic (exact) mass is 264 g/mol. The van der Waals surface area contributed by atoms with Crippen LogP contribution >= 0.6 is 11.6 Å². The van der Waals surface area contributed by atoms with Gasteiger partial charge in [-0.15, -0.1) is 0 Å². The van der Waals surface area contributed by atoms with Gasteiger partial charge >= 0.3 is 0 Å². The number of hydrogen-bond acceptors (Lipinski definition) is 3. The van der Waals surface area contributed by atoms with Crippen LogP contribution in [0.25, 0.3) is 0 Å². The summed E-state index contributed by atoms with van der Waals surface area (Å²) in [6, 6.07) is 4.12. The number of benzene rings is 1. The third-order valence-electron chi connectivity index (χ3n) is 1.98. The maximum Gasteiger partial charge on any atom is 0.287 e. The molecule has 4 nitrogen and oxygen atoms in total. The number of halogens is 3. The van der Waals surface area contributed by atoms with Crippen LogP contribution in [0.4, 0.5) is 14.5 Å². The van der Waals surface area contributed by atoms with Crippen molar-refractivity contribution in [3.05, 3.63) is 28.8 Å². The Labute approximate surface area is 101 Å². The number of rotatable bonds is 4. The minimum atomic E-state index is -3.35. The van der Waals surface area contributed by atoms with Gasteiger partial charge in [-0.2, -0.15) is 0 Å². The largest absolute Gasteiger partial charge is 0.399 e. The highest BCUT2D eigenvalue weighted by molar-refractivity contribution is 6.34. The SMILES string of the molecule is Nc1ccc(C(=O)NCC(F)(F)CO)c(Cl)c1. The van der Waals surface area contributed by atoms with E-state index in [1.807, 2.05) is 5.32 Å². The van der Waals surface area contributed by atoms with Gasteiger partial charge < -0.3 is 16.2 Å². The molecule has 0 fully saturated rings. The molecule has 0 aliphatic heterocycles. The summed E-state index contributed by atoms with van der Waals surface area (Å²) < 4.78 is 25.4. The van der Waals surface area contributed by atoms with E-state index in [0.29, 0.717) is 5.69 Å². The van der Waals surface area contributed by atoms with E-state index in [-0.39, 0.29) is 10.6 Å². The molecule has 0 spiro atoms. The summed E-state index contributed by atoms with van der Waals surface area (Å²) in [5.41, 5.74) is 5.84. The quantitative estimate of drug-likeness (QED) is 0.717. The van der Waals surface area contributed by atoms with Gasteiger partial charge in [-0.3, -0.25) is 4.79 Å². The van der Waals surface area contributed by atoms with Crippen molar-refractivity contribution in [2.45, 2.75) is 5.92 Å². The number of carbonyl (C=O) groups excluding carboxylic acids is 1. The smallest absolute Gasteiger partial charge is 0.287 e.